The van der Waals surface area contributed by atoms with Gasteiger partial charge in [-0.1, -0.05) is 39.0 Å². The third-order valence-electron chi connectivity index (χ3n) is 3.64. The minimum Gasteiger partial charge on any atom is -0.351 e. The van der Waals surface area contributed by atoms with Gasteiger partial charge in [-0.3, -0.25) is 9.36 Å². The molecule has 0 aliphatic heterocycles. The van der Waals surface area contributed by atoms with E-state index in [1.54, 1.807) is 24.3 Å². The molecular weight excluding hydrogens is 332 g/mol. The van der Waals surface area contributed by atoms with Crippen LogP contribution in [0.1, 0.15) is 26.3 Å². The summed E-state index contributed by atoms with van der Waals surface area (Å²) in [6.45, 7) is 6.80. The second-order valence-corrected chi connectivity index (χ2v) is 8.61. The number of hydrogen-bond donors (Lipinski definition) is 1. The van der Waals surface area contributed by atoms with Crippen LogP contribution >= 0.6 is 11.8 Å². The van der Waals surface area contributed by atoms with Crippen LogP contribution in [-0.2, 0) is 11.3 Å². The number of amides is 1. The van der Waals surface area contributed by atoms with Crippen LogP contribution < -0.4 is 5.32 Å². The molecule has 6 heteroatoms. The summed E-state index contributed by atoms with van der Waals surface area (Å²) in [7, 11) is 0. The smallest absolute Gasteiger partial charge is 0.230 e. The molecule has 0 saturated heterocycles. The largest absolute Gasteiger partial charge is 0.351 e. The summed E-state index contributed by atoms with van der Waals surface area (Å²) in [5, 5.41) is 2.94. The molecule has 0 bridgehead atoms. The fourth-order valence-electron chi connectivity index (χ4n) is 2.34. The van der Waals surface area contributed by atoms with Gasteiger partial charge in [0.2, 0.25) is 5.91 Å². The van der Waals surface area contributed by atoms with E-state index < -0.39 is 0 Å². The molecule has 0 unspecified atom stereocenters. The number of carbonyl (C=O) groups excluding carboxylic acids is 1. The van der Waals surface area contributed by atoms with Crippen molar-refractivity contribution in [2.75, 3.05) is 5.75 Å². The topological polar surface area (TPSA) is 59.8 Å². The Morgan fingerprint density at radius 1 is 1.16 bits per heavy atom. The Labute approximate surface area is 151 Å². The van der Waals surface area contributed by atoms with E-state index in [-0.39, 0.29) is 10.7 Å². The number of para-hydroxylation sites is 2. The molecule has 0 spiro atoms. The Morgan fingerprint density at radius 3 is 2.68 bits per heavy atom. The zero-order valence-corrected chi connectivity index (χ0v) is 15.5. The average molecular weight is 354 g/mol. The van der Waals surface area contributed by atoms with E-state index in [0.717, 1.165) is 22.4 Å². The SMILES string of the molecule is CC(C)(C)SCC(=O)NCc1ccc(-n2cnc3ccccc32)nc1. The number of thioether (sulfide) groups is 1. The van der Waals surface area contributed by atoms with E-state index in [2.05, 4.69) is 36.1 Å². The molecule has 130 valence electrons. The van der Waals surface area contributed by atoms with E-state index >= 15 is 0 Å². The van der Waals surface area contributed by atoms with Crippen LogP contribution in [0.5, 0.6) is 0 Å². The van der Waals surface area contributed by atoms with Crippen LogP contribution in [0.25, 0.3) is 16.9 Å². The molecule has 3 rings (SSSR count). The van der Waals surface area contributed by atoms with Crippen molar-refractivity contribution >= 4 is 28.7 Å². The first-order chi connectivity index (χ1) is 11.9. The maximum Gasteiger partial charge on any atom is 0.230 e. The molecular formula is C19H22N4OS. The van der Waals surface area contributed by atoms with Gasteiger partial charge < -0.3 is 5.32 Å². The van der Waals surface area contributed by atoms with Gasteiger partial charge in [-0.25, -0.2) is 9.97 Å². The number of hydrogen-bond acceptors (Lipinski definition) is 4. The van der Waals surface area contributed by atoms with Crippen molar-refractivity contribution < 1.29 is 4.79 Å². The standard InChI is InChI=1S/C19H22N4OS/c1-19(2,3)25-12-18(24)21-11-14-8-9-17(20-10-14)23-13-22-15-6-4-5-7-16(15)23/h4-10,13H,11-12H2,1-3H3,(H,21,24). The van der Waals surface area contributed by atoms with E-state index in [0.29, 0.717) is 12.3 Å². The molecule has 0 atom stereocenters. The predicted octanol–water partition coefficient (Wildman–Crippen LogP) is 3.57. The summed E-state index contributed by atoms with van der Waals surface area (Å²) in [6, 6.07) is 11.9. The fraction of sp³-hybridized carbons (Fsp3) is 0.316. The Morgan fingerprint density at radius 2 is 1.96 bits per heavy atom. The third-order valence-corrected chi connectivity index (χ3v) is 4.91. The van der Waals surface area contributed by atoms with Gasteiger partial charge in [0.05, 0.1) is 16.8 Å². The van der Waals surface area contributed by atoms with Gasteiger partial charge in [0, 0.05) is 17.5 Å². The van der Waals surface area contributed by atoms with E-state index in [1.807, 2.05) is 41.0 Å². The predicted molar refractivity (Wildman–Crippen MR) is 103 cm³/mol. The lowest BCUT2D eigenvalue weighted by Gasteiger charge is -2.17. The van der Waals surface area contributed by atoms with Crippen molar-refractivity contribution in [2.24, 2.45) is 0 Å². The first-order valence-electron chi connectivity index (χ1n) is 8.20. The minimum absolute atomic E-state index is 0.0459. The lowest BCUT2D eigenvalue weighted by Crippen LogP contribution is -2.26. The van der Waals surface area contributed by atoms with E-state index in [9.17, 15) is 4.79 Å². The van der Waals surface area contributed by atoms with Crippen LogP contribution in [-0.4, -0.2) is 30.9 Å². The van der Waals surface area contributed by atoms with Gasteiger partial charge in [-0.2, -0.15) is 0 Å². The lowest BCUT2D eigenvalue weighted by molar-refractivity contribution is -0.118. The summed E-state index contributed by atoms with van der Waals surface area (Å²) in [4.78, 5) is 20.8. The zero-order valence-electron chi connectivity index (χ0n) is 14.7. The molecule has 5 nitrogen and oxygen atoms in total. The fourth-order valence-corrected chi connectivity index (χ4v) is 3.01. The highest BCUT2D eigenvalue weighted by atomic mass is 32.2. The highest BCUT2D eigenvalue weighted by molar-refractivity contribution is 8.01. The molecule has 1 N–H and O–H groups in total. The zero-order chi connectivity index (χ0) is 17.9. The molecule has 0 radical (unpaired) electrons. The molecule has 0 saturated carbocycles. The number of imidazole rings is 1. The van der Waals surface area contributed by atoms with Crippen LogP contribution in [0.4, 0.5) is 0 Å². The molecule has 3 aromatic rings. The second kappa shape index (κ2) is 7.27. The minimum atomic E-state index is 0.0459. The lowest BCUT2D eigenvalue weighted by atomic mass is 10.2. The van der Waals surface area contributed by atoms with Gasteiger partial charge >= 0.3 is 0 Å². The normalized spacial score (nSPS) is 11.6. The summed E-state index contributed by atoms with van der Waals surface area (Å²) >= 11 is 1.64. The summed E-state index contributed by atoms with van der Waals surface area (Å²) in [5.41, 5.74) is 2.94. The van der Waals surface area contributed by atoms with Crippen LogP contribution in [0, 0.1) is 0 Å². The van der Waals surface area contributed by atoms with Gasteiger partial charge in [-0.05, 0) is 23.8 Å². The highest BCUT2D eigenvalue weighted by Crippen LogP contribution is 2.22. The molecule has 0 fully saturated rings. The summed E-state index contributed by atoms with van der Waals surface area (Å²) in [5.74, 6) is 1.33. The first kappa shape index (κ1) is 17.5. The van der Waals surface area contributed by atoms with Crippen molar-refractivity contribution in [1.29, 1.82) is 0 Å². The Bertz CT molecular complexity index is 865. The van der Waals surface area contributed by atoms with Gasteiger partial charge in [0.1, 0.15) is 12.1 Å². The molecule has 1 aromatic carbocycles. The molecule has 2 aromatic heterocycles. The Hall–Kier alpha value is -2.34. The summed E-state index contributed by atoms with van der Waals surface area (Å²) < 4.78 is 2.05. The maximum atomic E-state index is 11.9. The number of aromatic nitrogens is 3. The molecule has 25 heavy (non-hydrogen) atoms. The maximum absolute atomic E-state index is 11.9. The third kappa shape index (κ3) is 4.60. The monoisotopic (exact) mass is 354 g/mol. The van der Waals surface area contributed by atoms with E-state index in [4.69, 9.17) is 0 Å². The number of pyridine rings is 1. The second-order valence-electron chi connectivity index (χ2n) is 6.81. The molecule has 0 aliphatic carbocycles. The van der Waals surface area contributed by atoms with Crippen LogP contribution in [0.3, 0.4) is 0 Å². The molecule has 2 heterocycles. The number of fused-ring (bicyclic) bond motifs is 1. The Kier molecular flexibility index (Phi) is 5.08. The van der Waals surface area contributed by atoms with Crippen molar-refractivity contribution in [2.45, 2.75) is 32.1 Å². The quantitative estimate of drug-likeness (QED) is 0.761. The number of nitrogens with one attached hydrogen (secondary N) is 1. The number of carbonyl (C=O) groups is 1. The van der Waals surface area contributed by atoms with Gasteiger partial charge in [0.25, 0.3) is 0 Å². The van der Waals surface area contributed by atoms with Crippen molar-refractivity contribution in [1.82, 2.24) is 19.9 Å². The highest BCUT2D eigenvalue weighted by Gasteiger charge is 2.13. The first-order valence-corrected chi connectivity index (χ1v) is 9.19. The number of rotatable bonds is 5. The van der Waals surface area contributed by atoms with Gasteiger partial charge in [-0.15, -0.1) is 11.8 Å². The van der Waals surface area contributed by atoms with Crippen LogP contribution in [0.2, 0.25) is 0 Å². The van der Waals surface area contributed by atoms with E-state index in [1.165, 1.54) is 0 Å². The summed E-state index contributed by atoms with van der Waals surface area (Å²) in [6.07, 6.45) is 3.57. The van der Waals surface area contributed by atoms with Gasteiger partial charge in [0.15, 0.2) is 0 Å². The van der Waals surface area contributed by atoms with Crippen molar-refractivity contribution in [3.63, 3.8) is 0 Å². The van der Waals surface area contributed by atoms with Crippen LogP contribution in [0.15, 0.2) is 48.9 Å². The average Bonchev–Trinajstić information content (AvgIpc) is 3.02. The van der Waals surface area contributed by atoms with Crippen molar-refractivity contribution in [3.05, 3.63) is 54.5 Å². The number of nitrogens with zero attached hydrogens (tertiary/aromatic N) is 3. The Balaban J connectivity index is 1.62. The van der Waals surface area contributed by atoms with Crippen molar-refractivity contribution in [3.8, 4) is 5.82 Å². The molecule has 1 amide bonds. The number of benzene rings is 1. The molecule has 0 aliphatic rings.